The average molecular weight is 408 g/mol. The lowest BCUT2D eigenvalue weighted by Crippen LogP contribution is -2.11. The summed E-state index contributed by atoms with van der Waals surface area (Å²) in [5.74, 6) is 0.665. The highest BCUT2D eigenvalue weighted by Gasteiger charge is 2.12. The van der Waals surface area contributed by atoms with Gasteiger partial charge in [0.25, 0.3) is 5.91 Å². The molecular weight excluding hydrogens is 390 g/mol. The van der Waals surface area contributed by atoms with Gasteiger partial charge in [0, 0.05) is 16.3 Å². The Bertz CT molecular complexity index is 1150. The molecule has 3 aromatic carbocycles. The molecule has 0 saturated carbocycles. The summed E-state index contributed by atoms with van der Waals surface area (Å²) < 4.78 is 5.90. The number of amides is 1. The molecule has 0 saturated heterocycles. The molecule has 3 nitrogen and oxygen atoms in total. The number of halogens is 1. The Hall–Kier alpha value is -2.82. The Morgan fingerprint density at radius 2 is 1.86 bits per heavy atom. The maximum Gasteiger partial charge on any atom is 0.265 e. The van der Waals surface area contributed by atoms with E-state index in [9.17, 15) is 4.79 Å². The normalized spacial score (nSPS) is 10.8. The van der Waals surface area contributed by atoms with E-state index in [1.54, 1.807) is 6.07 Å². The van der Waals surface area contributed by atoms with Gasteiger partial charge in [-0.2, -0.15) is 0 Å². The molecule has 0 bridgehead atoms. The first-order chi connectivity index (χ1) is 13.6. The van der Waals surface area contributed by atoms with Crippen LogP contribution >= 0.6 is 22.9 Å². The monoisotopic (exact) mass is 407 g/mol. The Labute approximate surface area is 172 Å². The molecule has 0 unspecified atom stereocenters. The first-order valence-electron chi connectivity index (χ1n) is 8.85. The first-order valence-corrected chi connectivity index (χ1v) is 10.1. The van der Waals surface area contributed by atoms with Crippen LogP contribution in [0.1, 0.15) is 20.8 Å². The molecule has 0 aliphatic rings. The molecule has 4 rings (SSSR count). The van der Waals surface area contributed by atoms with Gasteiger partial charge in [0.05, 0.1) is 4.88 Å². The van der Waals surface area contributed by atoms with Gasteiger partial charge >= 0.3 is 0 Å². The van der Waals surface area contributed by atoms with Crippen LogP contribution in [0.25, 0.3) is 10.8 Å². The van der Waals surface area contributed by atoms with Crippen LogP contribution in [-0.4, -0.2) is 5.91 Å². The summed E-state index contributed by atoms with van der Waals surface area (Å²) in [5, 5.41) is 7.82. The van der Waals surface area contributed by atoms with E-state index in [0.29, 0.717) is 16.5 Å². The lowest BCUT2D eigenvalue weighted by atomic mass is 10.1. The van der Waals surface area contributed by atoms with Crippen LogP contribution < -0.4 is 10.1 Å². The quantitative estimate of drug-likeness (QED) is 0.400. The Morgan fingerprint density at radius 3 is 2.71 bits per heavy atom. The second-order valence-corrected chi connectivity index (χ2v) is 7.80. The summed E-state index contributed by atoms with van der Waals surface area (Å²) in [6.07, 6.45) is 0. The van der Waals surface area contributed by atoms with Crippen LogP contribution in [0.2, 0.25) is 5.02 Å². The zero-order valence-electron chi connectivity index (χ0n) is 15.2. The van der Waals surface area contributed by atoms with E-state index in [1.165, 1.54) is 16.7 Å². The molecular formula is C23H18ClNO2S. The third kappa shape index (κ3) is 4.03. The number of fused-ring (bicyclic) bond motifs is 1. The largest absolute Gasteiger partial charge is 0.489 e. The van der Waals surface area contributed by atoms with Crippen LogP contribution in [0.4, 0.5) is 5.69 Å². The van der Waals surface area contributed by atoms with E-state index in [1.807, 2.05) is 60.8 Å². The fourth-order valence-electron chi connectivity index (χ4n) is 2.92. The van der Waals surface area contributed by atoms with Crippen molar-refractivity contribution >= 4 is 45.3 Å². The Kier molecular flexibility index (Phi) is 5.33. The second-order valence-electron chi connectivity index (χ2n) is 6.48. The number of carbonyl (C=O) groups is 1. The van der Waals surface area contributed by atoms with E-state index >= 15 is 0 Å². The Balaban J connectivity index is 1.42. The first kappa shape index (κ1) is 18.5. The number of benzene rings is 3. The Morgan fingerprint density at radius 1 is 1.04 bits per heavy atom. The number of nitrogens with one attached hydrogen (secondary N) is 1. The van der Waals surface area contributed by atoms with E-state index in [2.05, 4.69) is 17.4 Å². The number of rotatable bonds is 5. The molecule has 1 N–H and O–H groups in total. The summed E-state index contributed by atoms with van der Waals surface area (Å²) in [5.41, 5.74) is 2.54. The molecule has 0 spiro atoms. The van der Waals surface area contributed by atoms with Gasteiger partial charge in [-0.05, 0) is 59.0 Å². The van der Waals surface area contributed by atoms with Crippen LogP contribution in [0.15, 0.2) is 72.1 Å². The van der Waals surface area contributed by atoms with E-state index in [4.69, 9.17) is 16.3 Å². The highest BCUT2D eigenvalue weighted by Crippen LogP contribution is 2.25. The number of hydrogen-bond acceptors (Lipinski definition) is 3. The third-order valence-electron chi connectivity index (χ3n) is 4.52. The smallest absolute Gasteiger partial charge is 0.265 e. The number of carbonyl (C=O) groups excluding carboxylic acids is 1. The molecule has 1 amide bonds. The molecule has 28 heavy (non-hydrogen) atoms. The lowest BCUT2D eigenvalue weighted by Gasteiger charge is -2.08. The number of anilines is 1. The molecule has 0 aliphatic carbocycles. The maximum absolute atomic E-state index is 12.5. The van der Waals surface area contributed by atoms with Gasteiger partial charge in [-0.25, -0.2) is 0 Å². The lowest BCUT2D eigenvalue weighted by molar-refractivity contribution is 0.103. The zero-order chi connectivity index (χ0) is 19.5. The molecule has 0 atom stereocenters. The molecule has 1 aromatic heterocycles. The maximum atomic E-state index is 12.5. The number of ether oxygens (including phenoxy) is 1. The minimum absolute atomic E-state index is 0.146. The van der Waals surface area contributed by atoms with Gasteiger partial charge in [-0.1, -0.05) is 48.0 Å². The van der Waals surface area contributed by atoms with E-state index in [0.717, 1.165) is 28.0 Å². The van der Waals surface area contributed by atoms with Gasteiger partial charge in [-0.3, -0.25) is 4.79 Å². The average Bonchev–Trinajstić information content (AvgIpc) is 3.19. The van der Waals surface area contributed by atoms with Crippen molar-refractivity contribution in [2.24, 2.45) is 0 Å². The second kappa shape index (κ2) is 8.05. The number of thiophene rings is 1. The standard InChI is InChI=1S/C23H18ClNO2S/c1-15-20(24)7-4-8-21(15)25-23(26)22-11-16(14-28-22)13-27-19-10-9-17-5-2-3-6-18(17)12-19/h2-12,14H,13H2,1H3,(H,25,26). The van der Waals surface area contributed by atoms with Gasteiger partial charge in [0.15, 0.2) is 0 Å². The van der Waals surface area contributed by atoms with E-state index in [-0.39, 0.29) is 5.91 Å². The summed E-state index contributed by atoms with van der Waals surface area (Å²) in [6, 6.07) is 21.5. The summed E-state index contributed by atoms with van der Waals surface area (Å²) in [6.45, 7) is 2.30. The molecule has 4 aromatic rings. The van der Waals surface area contributed by atoms with Gasteiger partial charge in [0.2, 0.25) is 0 Å². The summed E-state index contributed by atoms with van der Waals surface area (Å²) >= 11 is 7.52. The van der Waals surface area contributed by atoms with Crippen molar-refractivity contribution in [2.75, 3.05) is 5.32 Å². The summed E-state index contributed by atoms with van der Waals surface area (Å²) in [7, 11) is 0. The van der Waals surface area contributed by atoms with Gasteiger partial charge in [-0.15, -0.1) is 11.3 Å². The predicted molar refractivity (Wildman–Crippen MR) is 117 cm³/mol. The van der Waals surface area contributed by atoms with Crippen LogP contribution in [0.5, 0.6) is 5.75 Å². The van der Waals surface area contributed by atoms with E-state index < -0.39 is 0 Å². The molecule has 0 radical (unpaired) electrons. The van der Waals surface area contributed by atoms with Crippen molar-refractivity contribution in [1.82, 2.24) is 0 Å². The topological polar surface area (TPSA) is 38.3 Å². The van der Waals surface area contributed by atoms with Gasteiger partial charge in [0.1, 0.15) is 12.4 Å². The minimum Gasteiger partial charge on any atom is -0.489 e. The highest BCUT2D eigenvalue weighted by atomic mass is 35.5. The molecule has 140 valence electrons. The highest BCUT2D eigenvalue weighted by molar-refractivity contribution is 7.12. The SMILES string of the molecule is Cc1c(Cl)cccc1NC(=O)c1cc(COc2ccc3ccccc3c2)cs1. The van der Waals surface area contributed by atoms with Crippen molar-refractivity contribution in [2.45, 2.75) is 13.5 Å². The van der Waals surface area contributed by atoms with Crippen molar-refractivity contribution in [3.63, 3.8) is 0 Å². The fraction of sp³-hybridized carbons (Fsp3) is 0.0870. The van der Waals surface area contributed by atoms with Crippen LogP contribution in [0.3, 0.4) is 0 Å². The van der Waals surface area contributed by atoms with Crippen molar-refractivity contribution in [3.8, 4) is 5.75 Å². The molecule has 0 aliphatic heterocycles. The van der Waals surface area contributed by atoms with Crippen molar-refractivity contribution in [3.05, 3.63) is 93.1 Å². The summed E-state index contributed by atoms with van der Waals surface area (Å²) in [4.78, 5) is 13.2. The molecule has 0 fully saturated rings. The zero-order valence-corrected chi connectivity index (χ0v) is 16.8. The fourth-order valence-corrected chi connectivity index (χ4v) is 3.89. The minimum atomic E-state index is -0.146. The molecule has 1 heterocycles. The van der Waals surface area contributed by atoms with Crippen molar-refractivity contribution < 1.29 is 9.53 Å². The van der Waals surface area contributed by atoms with Crippen molar-refractivity contribution in [1.29, 1.82) is 0 Å². The molecule has 5 heteroatoms. The predicted octanol–water partition coefficient (Wildman–Crippen LogP) is 6.69. The third-order valence-corrected chi connectivity index (χ3v) is 5.91. The number of hydrogen-bond donors (Lipinski definition) is 1. The van der Waals surface area contributed by atoms with Crippen LogP contribution in [-0.2, 0) is 6.61 Å². The van der Waals surface area contributed by atoms with Gasteiger partial charge < -0.3 is 10.1 Å². The van der Waals surface area contributed by atoms with Crippen LogP contribution in [0, 0.1) is 6.92 Å².